The van der Waals surface area contributed by atoms with Crippen LogP contribution < -0.4 is 9.47 Å². The summed E-state index contributed by atoms with van der Waals surface area (Å²) < 4.78 is 19.1. The minimum absolute atomic E-state index is 0.0297. The summed E-state index contributed by atoms with van der Waals surface area (Å²) in [5.41, 5.74) is 4.32. The van der Waals surface area contributed by atoms with Gasteiger partial charge in [0.15, 0.2) is 0 Å². The molecule has 0 aliphatic carbocycles. The number of piperidine rings is 1. The SMILES string of the molecule is CCOc1ccc(-n2c(C)c(C(=O)N3CCC4(CC3)OC(=O)c3ccccc34)c3cc(OC)ccc32)cc1. The molecule has 3 heterocycles. The van der Waals surface area contributed by atoms with Crippen LogP contribution >= 0.6 is 0 Å². The standard InChI is InChI=1S/C31H30N2O5/c1-4-37-22-11-9-21(10-12-22)33-20(2)28(25-19-23(36-3)13-14-27(25)33)29(34)32-17-15-31(16-18-32)26-8-6-5-7-24(26)30(35)38-31/h5-14,19H,4,15-18H2,1-3H3. The number of rotatable bonds is 5. The number of hydrogen-bond donors (Lipinski definition) is 0. The van der Waals surface area contributed by atoms with Crippen LogP contribution in [0.2, 0.25) is 0 Å². The van der Waals surface area contributed by atoms with Crippen LogP contribution in [0.4, 0.5) is 0 Å². The van der Waals surface area contributed by atoms with E-state index < -0.39 is 5.60 Å². The number of esters is 1. The molecule has 0 saturated carbocycles. The van der Waals surface area contributed by atoms with Gasteiger partial charge in [0, 0.05) is 48.3 Å². The Labute approximate surface area is 221 Å². The van der Waals surface area contributed by atoms with E-state index in [9.17, 15) is 9.59 Å². The third-order valence-corrected chi connectivity index (χ3v) is 7.82. The van der Waals surface area contributed by atoms with Gasteiger partial charge in [-0.3, -0.25) is 4.79 Å². The second-order valence-electron chi connectivity index (χ2n) is 9.83. The Morgan fingerprint density at radius 2 is 1.71 bits per heavy atom. The minimum atomic E-state index is -0.654. The highest BCUT2D eigenvalue weighted by Gasteiger charge is 2.48. The van der Waals surface area contributed by atoms with Crippen molar-refractivity contribution in [2.75, 3.05) is 26.8 Å². The van der Waals surface area contributed by atoms with Gasteiger partial charge in [-0.15, -0.1) is 0 Å². The van der Waals surface area contributed by atoms with E-state index in [0.717, 1.165) is 33.6 Å². The van der Waals surface area contributed by atoms with Gasteiger partial charge in [0.25, 0.3) is 5.91 Å². The van der Waals surface area contributed by atoms with E-state index in [4.69, 9.17) is 14.2 Å². The van der Waals surface area contributed by atoms with Gasteiger partial charge < -0.3 is 23.7 Å². The predicted octanol–water partition coefficient (Wildman–Crippen LogP) is 5.65. The van der Waals surface area contributed by atoms with Gasteiger partial charge in [-0.25, -0.2) is 4.79 Å². The minimum Gasteiger partial charge on any atom is -0.497 e. The summed E-state index contributed by atoms with van der Waals surface area (Å²) in [4.78, 5) is 28.5. The first-order valence-corrected chi connectivity index (χ1v) is 13.0. The summed E-state index contributed by atoms with van der Waals surface area (Å²) in [6, 6.07) is 21.3. The van der Waals surface area contributed by atoms with Crippen molar-refractivity contribution in [2.45, 2.75) is 32.3 Å². The summed E-state index contributed by atoms with van der Waals surface area (Å²) in [5.74, 6) is 1.20. The lowest BCUT2D eigenvalue weighted by Gasteiger charge is -2.38. The number of nitrogens with zero attached hydrogens (tertiary/aromatic N) is 2. The molecule has 6 rings (SSSR count). The van der Waals surface area contributed by atoms with E-state index in [0.29, 0.717) is 49.4 Å². The van der Waals surface area contributed by atoms with Crippen LogP contribution in [0.1, 0.15) is 51.7 Å². The van der Waals surface area contributed by atoms with Crippen LogP contribution in [0.5, 0.6) is 11.5 Å². The number of hydrogen-bond acceptors (Lipinski definition) is 5. The van der Waals surface area contributed by atoms with Gasteiger partial charge in [-0.05, 0) is 62.4 Å². The Morgan fingerprint density at radius 3 is 2.42 bits per heavy atom. The maximum atomic E-state index is 14.1. The van der Waals surface area contributed by atoms with E-state index in [-0.39, 0.29) is 11.9 Å². The normalized spacial score (nSPS) is 16.0. The second kappa shape index (κ2) is 9.24. The highest BCUT2D eigenvalue weighted by atomic mass is 16.6. The van der Waals surface area contributed by atoms with Crippen molar-refractivity contribution in [3.63, 3.8) is 0 Å². The summed E-state index contributed by atoms with van der Waals surface area (Å²) in [6.45, 7) is 5.54. The second-order valence-corrected chi connectivity index (χ2v) is 9.83. The maximum absolute atomic E-state index is 14.1. The molecule has 1 fully saturated rings. The fourth-order valence-corrected chi connectivity index (χ4v) is 5.93. The number of amides is 1. The number of carbonyl (C=O) groups is 2. The monoisotopic (exact) mass is 510 g/mol. The Bertz CT molecular complexity index is 1540. The van der Waals surface area contributed by atoms with Gasteiger partial charge in [-0.1, -0.05) is 18.2 Å². The van der Waals surface area contributed by atoms with E-state index in [1.54, 1.807) is 7.11 Å². The molecule has 1 amide bonds. The Balaban J connectivity index is 1.35. The first-order valence-electron chi connectivity index (χ1n) is 13.0. The largest absolute Gasteiger partial charge is 0.497 e. The lowest BCUT2D eigenvalue weighted by atomic mass is 9.83. The fourth-order valence-electron chi connectivity index (χ4n) is 5.93. The van der Waals surface area contributed by atoms with Crippen molar-refractivity contribution in [3.8, 4) is 17.2 Å². The van der Waals surface area contributed by atoms with E-state index in [2.05, 4.69) is 4.57 Å². The molecule has 38 heavy (non-hydrogen) atoms. The quantitative estimate of drug-likeness (QED) is 0.325. The van der Waals surface area contributed by atoms with Crippen molar-refractivity contribution >= 4 is 22.8 Å². The molecule has 0 atom stereocenters. The molecule has 0 unspecified atom stereocenters. The highest BCUT2D eigenvalue weighted by Crippen LogP contribution is 2.44. The smallest absolute Gasteiger partial charge is 0.339 e. The first kappa shape index (κ1) is 24.1. The molecule has 1 aromatic heterocycles. The highest BCUT2D eigenvalue weighted by molar-refractivity contribution is 6.09. The number of aromatic nitrogens is 1. The maximum Gasteiger partial charge on any atom is 0.339 e. The Hall–Kier alpha value is -4.26. The average Bonchev–Trinajstić information content (AvgIpc) is 3.39. The molecule has 4 aromatic rings. The van der Waals surface area contributed by atoms with Crippen molar-refractivity contribution in [2.24, 2.45) is 0 Å². The van der Waals surface area contributed by atoms with Crippen LogP contribution in [-0.4, -0.2) is 48.1 Å². The first-order chi connectivity index (χ1) is 18.5. The van der Waals surface area contributed by atoms with Gasteiger partial charge >= 0.3 is 5.97 Å². The number of likely N-dealkylation sites (tertiary alicyclic amines) is 1. The lowest BCUT2D eigenvalue weighted by Crippen LogP contribution is -2.45. The van der Waals surface area contributed by atoms with Crippen molar-refractivity contribution in [3.05, 3.63) is 89.1 Å². The molecule has 3 aromatic carbocycles. The molecule has 0 bridgehead atoms. The number of methoxy groups -OCH3 is 1. The van der Waals surface area contributed by atoms with Crippen molar-refractivity contribution in [1.82, 2.24) is 9.47 Å². The van der Waals surface area contributed by atoms with Gasteiger partial charge in [0.2, 0.25) is 0 Å². The van der Waals surface area contributed by atoms with Crippen LogP contribution in [0.3, 0.4) is 0 Å². The Morgan fingerprint density at radius 1 is 1.00 bits per heavy atom. The molecule has 2 aliphatic rings. The molecule has 194 valence electrons. The zero-order valence-corrected chi connectivity index (χ0v) is 21.8. The Kier molecular flexibility index (Phi) is 5.86. The van der Waals surface area contributed by atoms with E-state index in [1.807, 2.05) is 85.5 Å². The van der Waals surface area contributed by atoms with Crippen LogP contribution in [0, 0.1) is 6.92 Å². The third-order valence-electron chi connectivity index (χ3n) is 7.82. The van der Waals surface area contributed by atoms with Crippen LogP contribution in [0.15, 0.2) is 66.7 Å². The zero-order valence-electron chi connectivity index (χ0n) is 21.8. The summed E-state index contributed by atoms with van der Waals surface area (Å²) in [5, 5.41) is 0.846. The molecule has 1 saturated heterocycles. The van der Waals surface area contributed by atoms with Crippen LogP contribution in [-0.2, 0) is 10.3 Å². The molecular weight excluding hydrogens is 480 g/mol. The predicted molar refractivity (Wildman–Crippen MR) is 144 cm³/mol. The van der Waals surface area contributed by atoms with Gasteiger partial charge in [0.05, 0.1) is 30.4 Å². The van der Waals surface area contributed by atoms with Crippen molar-refractivity contribution < 1.29 is 23.8 Å². The number of benzene rings is 3. The fraction of sp³-hybridized carbons (Fsp3) is 0.290. The molecule has 0 N–H and O–H groups in total. The van der Waals surface area contributed by atoms with E-state index >= 15 is 0 Å². The molecule has 2 aliphatic heterocycles. The molecule has 7 heteroatoms. The molecule has 1 spiro atoms. The van der Waals surface area contributed by atoms with Gasteiger partial charge in [0.1, 0.15) is 17.1 Å². The third kappa shape index (κ3) is 3.72. The lowest BCUT2D eigenvalue weighted by molar-refractivity contribution is -0.0389. The number of ether oxygens (including phenoxy) is 3. The zero-order chi connectivity index (χ0) is 26.4. The molecular formula is C31H30N2O5. The molecule has 0 radical (unpaired) electrons. The summed E-state index contributed by atoms with van der Waals surface area (Å²) in [7, 11) is 1.63. The number of carbonyl (C=O) groups excluding carboxylic acids is 2. The molecule has 7 nitrogen and oxygen atoms in total. The summed E-state index contributed by atoms with van der Waals surface area (Å²) in [6.07, 6.45) is 1.14. The topological polar surface area (TPSA) is 70.0 Å². The van der Waals surface area contributed by atoms with E-state index in [1.165, 1.54) is 0 Å². The number of fused-ring (bicyclic) bond motifs is 3. The van der Waals surface area contributed by atoms with Crippen molar-refractivity contribution in [1.29, 1.82) is 0 Å². The summed E-state index contributed by atoms with van der Waals surface area (Å²) >= 11 is 0. The van der Waals surface area contributed by atoms with Gasteiger partial charge in [-0.2, -0.15) is 0 Å². The average molecular weight is 511 g/mol. The van der Waals surface area contributed by atoms with Crippen LogP contribution in [0.25, 0.3) is 16.6 Å².